The number of hydrogen-bond donors (Lipinski definition) is 1. The number of allylic oxidation sites excluding steroid dienone is 5. The zero-order valence-electron chi connectivity index (χ0n) is 18.3. The fourth-order valence-corrected chi connectivity index (χ4v) is 3.01. The van der Waals surface area contributed by atoms with Crippen LogP contribution in [0.5, 0.6) is 17.2 Å². The third-order valence-corrected chi connectivity index (χ3v) is 4.70. The van der Waals surface area contributed by atoms with Crippen LogP contribution in [0.15, 0.2) is 64.8 Å². The number of ether oxygens (including phenoxy) is 3. The van der Waals surface area contributed by atoms with Crippen LogP contribution in [0.4, 0.5) is 0 Å². The van der Waals surface area contributed by atoms with Crippen LogP contribution < -0.4 is 14.2 Å². The van der Waals surface area contributed by atoms with Gasteiger partial charge in [0.25, 0.3) is 0 Å². The molecule has 2 rings (SSSR count). The molecule has 30 heavy (non-hydrogen) atoms. The minimum atomic E-state index is -0.548. The zero-order chi connectivity index (χ0) is 21.8. The topological polar surface area (TPSA) is 61.1 Å². The van der Waals surface area contributed by atoms with Gasteiger partial charge in [0, 0.05) is 0 Å². The van der Waals surface area contributed by atoms with E-state index in [2.05, 4.69) is 37.3 Å². The van der Waals surface area contributed by atoms with Crippen molar-refractivity contribution in [3.63, 3.8) is 0 Å². The predicted octanol–water partition coefficient (Wildman–Crippen LogP) is 6.12. The molecule has 0 fully saturated rings. The Hall–Kier alpha value is -2.92. The van der Waals surface area contributed by atoms with E-state index in [1.165, 1.54) is 5.57 Å². The molecule has 1 aromatic heterocycles. The van der Waals surface area contributed by atoms with E-state index < -0.39 is 6.10 Å². The summed E-state index contributed by atoms with van der Waals surface area (Å²) in [7, 11) is 4.82. The minimum Gasteiger partial charge on any atom is -0.493 e. The molecule has 0 saturated carbocycles. The molecule has 0 spiro atoms. The maximum absolute atomic E-state index is 10.0. The van der Waals surface area contributed by atoms with Crippen molar-refractivity contribution in [2.45, 2.75) is 38.7 Å². The van der Waals surface area contributed by atoms with Crippen molar-refractivity contribution in [1.82, 2.24) is 0 Å². The van der Waals surface area contributed by atoms with Gasteiger partial charge in [0.15, 0.2) is 11.5 Å². The summed E-state index contributed by atoms with van der Waals surface area (Å²) >= 11 is 0. The van der Waals surface area contributed by atoms with Crippen LogP contribution in [-0.4, -0.2) is 26.4 Å². The fraction of sp³-hybridized carbons (Fsp3) is 0.360. The van der Waals surface area contributed by atoms with Crippen LogP contribution in [0.1, 0.15) is 50.0 Å². The molecule has 5 nitrogen and oxygen atoms in total. The number of furan rings is 1. The van der Waals surface area contributed by atoms with Gasteiger partial charge in [-0.1, -0.05) is 36.0 Å². The van der Waals surface area contributed by atoms with Crippen LogP contribution in [0.3, 0.4) is 0 Å². The molecule has 0 amide bonds. The summed E-state index contributed by atoms with van der Waals surface area (Å²) in [6.07, 6.45) is 14.9. The van der Waals surface area contributed by atoms with Gasteiger partial charge < -0.3 is 23.7 Å². The van der Waals surface area contributed by atoms with Crippen LogP contribution in [0.25, 0.3) is 6.08 Å². The van der Waals surface area contributed by atoms with E-state index in [0.717, 1.165) is 24.8 Å². The predicted molar refractivity (Wildman–Crippen MR) is 120 cm³/mol. The lowest BCUT2D eigenvalue weighted by Gasteiger charge is -2.12. The van der Waals surface area contributed by atoms with E-state index in [1.54, 1.807) is 39.7 Å². The summed E-state index contributed by atoms with van der Waals surface area (Å²) < 4.78 is 21.3. The second-order valence-corrected chi connectivity index (χ2v) is 6.95. The van der Waals surface area contributed by atoms with E-state index in [1.807, 2.05) is 12.1 Å². The molecule has 1 aromatic carbocycles. The summed E-state index contributed by atoms with van der Waals surface area (Å²) in [5.41, 5.74) is 2.23. The second kappa shape index (κ2) is 12.6. The van der Waals surface area contributed by atoms with E-state index in [0.29, 0.717) is 29.4 Å². The molecule has 1 N–H and O–H groups in total. The maximum Gasteiger partial charge on any atom is 0.203 e. The highest BCUT2D eigenvalue weighted by atomic mass is 16.5. The molecular weight excluding hydrogens is 380 g/mol. The van der Waals surface area contributed by atoms with Gasteiger partial charge in [0.2, 0.25) is 5.75 Å². The summed E-state index contributed by atoms with van der Waals surface area (Å²) in [6, 6.07) is 7.45. The molecule has 2 aromatic rings. The molecule has 5 heteroatoms. The number of hydrogen-bond acceptors (Lipinski definition) is 5. The van der Waals surface area contributed by atoms with Gasteiger partial charge in [0.1, 0.15) is 11.9 Å². The first-order valence-electron chi connectivity index (χ1n) is 10.1. The van der Waals surface area contributed by atoms with Gasteiger partial charge in [-0.3, -0.25) is 0 Å². The van der Waals surface area contributed by atoms with Crippen molar-refractivity contribution in [2.75, 3.05) is 21.3 Å². The van der Waals surface area contributed by atoms with Crippen molar-refractivity contribution in [3.8, 4) is 17.2 Å². The lowest BCUT2D eigenvalue weighted by atomic mass is 10.1. The Morgan fingerprint density at radius 3 is 2.37 bits per heavy atom. The standard InChI is InChI=1S/C25H32O5/c1-19(14-15-21(26)22-13-10-16-30-22)11-8-6-5-7-9-12-20-17-23(27-2)25(29-4)24(18-20)28-3/h6,8-13,16-18,21,26H,5,7,14-15H2,1-4H3/b8-6?,12-9-,19-11+. The third kappa shape index (κ3) is 7.16. The van der Waals surface area contributed by atoms with Crippen molar-refractivity contribution >= 4 is 6.08 Å². The maximum atomic E-state index is 10.0. The van der Waals surface area contributed by atoms with Crippen molar-refractivity contribution < 1.29 is 23.7 Å². The monoisotopic (exact) mass is 412 g/mol. The van der Waals surface area contributed by atoms with E-state index >= 15 is 0 Å². The molecule has 0 saturated heterocycles. The summed E-state index contributed by atoms with van der Waals surface area (Å²) in [5, 5.41) is 10.0. The van der Waals surface area contributed by atoms with Gasteiger partial charge >= 0.3 is 0 Å². The highest BCUT2D eigenvalue weighted by Crippen LogP contribution is 2.38. The Morgan fingerprint density at radius 2 is 1.77 bits per heavy atom. The Bertz CT molecular complexity index is 821. The molecule has 1 atom stereocenters. The molecule has 0 aliphatic carbocycles. The fourth-order valence-electron chi connectivity index (χ4n) is 3.01. The van der Waals surface area contributed by atoms with Crippen LogP contribution in [-0.2, 0) is 0 Å². The normalized spacial score (nSPS) is 13.2. The molecule has 1 heterocycles. The first kappa shape index (κ1) is 23.4. The molecule has 0 aliphatic heterocycles. The van der Waals surface area contributed by atoms with Gasteiger partial charge in [-0.2, -0.15) is 0 Å². The smallest absolute Gasteiger partial charge is 0.203 e. The van der Waals surface area contributed by atoms with Crippen molar-refractivity contribution in [2.24, 2.45) is 0 Å². The molecular formula is C25H32O5. The third-order valence-electron chi connectivity index (χ3n) is 4.70. The Morgan fingerprint density at radius 1 is 1.07 bits per heavy atom. The van der Waals surface area contributed by atoms with Gasteiger partial charge in [-0.25, -0.2) is 0 Å². The van der Waals surface area contributed by atoms with E-state index in [-0.39, 0.29) is 0 Å². The Balaban J connectivity index is 1.78. The number of rotatable bonds is 12. The van der Waals surface area contributed by atoms with Gasteiger partial charge in [-0.15, -0.1) is 0 Å². The highest BCUT2D eigenvalue weighted by molar-refractivity contribution is 5.62. The summed E-state index contributed by atoms with van der Waals surface area (Å²) in [6.45, 7) is 2.07. The van der Waals surface area contributed by atoms with Gasteiger partial charge in [-0.05, 0) is 62.4 Å². The SMILES string of the molecule is COc1cc(/C=C\CCC=C/C=C(\C)CCC(O)c2ccco2)cc(OC)c1OC. The molecule has 0 bridgehead atoms. The molecule has 1 unspecified atom stereocenters. The second-order valence-electron chi connectivity index (χ2n) is 6.95. The number of aliphatic hydroxyl groups excluding tert-OH is 1. The zero-order valence-corrected chi connectivity index (χ0v) is 18.3. The highest BCUT2D eigenvalue weighted by Gasteiger charge is 2.12. The summed E-state index contributed by atoms with van der Waals surface area (Å²) in [5.74, 6) is 2.51. The van der Waals surface area contributed by atoms with Crippen LogP contribution >= 0.6 is 0 Å². The number of aliphatic hydroxyl groups is 1. The van der Waals surface area contributed by atoms with Crippen LogP contribution in [0.2, 0.25) is 0 Å². The average molecular weight is 413 g/mol. The number of methoxy groups -OCH3 is 3. The Kier molecular flexibility index (Phi) is 9.81. The first-order valence-corrected chi connectivity index (χ1v) is 10.1. The number of benzene rings is 1. The molecule has 0 radical (unpaired) electrons. The lowest BCUT2D eigenvalue weighted by Crippen LogP contribution is -1.95. The average Bonchev–Trinajstić information content (AvgIpc) is 3.31. The molecule has 162 valence electrons. The first-order chi connectivity index (χ1) is 14.6. The van der Waals surface area contributed by atoms with Crippen molar-refractivity contribution in [1.29, 1.82) is 0 Å². The van der Waals surface area contributed by atoms with Gasteiger partial charge in [0.05, 0.1) is 27.6 Å². The van der Waals surface area contributed by atoms with Crippen LogP contribution in [0, 0.1) is 0 Å². The van der Waals surface area contributed by atoms with E-state index in [9.17, 15) is 5.11 Å². The minimum absolute atomic E-state index is 0.548. The Labute approximate surface area is 179 Å². The largest absolute Gasteiger partial charge is 0.493 e. The summed E-state index contributed by atoms with van der Waals surface area (Å²) in [4.78, 5) is 0. The number of unbranched alkanes of at least 4 members (excludes halogenated alkanes) is 1. The quantitative estimate of drug-likeness (QED) is 0.336. The van der Waals surface area contributed by atoms with Crippen molar-refractivity contribution in [3.05, 3.63) is 71.7 Å². The molecule has 0 aliphatic rings. The van der Waals surface area contributed by atoms with E-state index in [4.69, 9.17) is 18.6 Å². The lowest BCUT2D eigenvalue weighted by molar-refractivity contribution is 0.140.